The molecule has 0 spiro atoms. The molecule has 1 heterocycles. The van der Waals surface area contributed by atoms with Crippen molar-refractivity contribution in [3.63, 3.8) is 0 Å². The van der Waals surface area contributed by atoms with Crippen molar-refractivity contribution < 1.29 is 9.59 Å². The lowest BCUT2D eigenvalue weighted by atomic mass is 10.0. The number of benzene rings is 1. The van der Waals surface area contributed by atoms with E-state index in [1.807, 2.05) is 0 Å². The van der Waals surface area contributed by atoms with E-state index >= 15 is 0 Å². The van der Waals surface area contributed by atoms with Crippen LogP contribution < -0.4 is 5.32 Å². The molecule has 1 N–H and O–H groups in total. The Hall–Kier alpha value is -1.55. The van der Waals surface area contributed by atoms with Gasteiger partial charge in [-0.1, -0.05) is 29.8 Å². The van der Waals surface area contributed by atoms with Gasteiger partial charge >= 0.3 is 0 Å². The maximum atomic E-state index is 11.9. The van der Waals surface area contributed by atoms with Crippen LogP contribution in [0.3, 0.4) is 0 Å². The molecule has 1 atom stereocenters. The number of carbonyl (C=O) groups is 2. The van der Waals surface area contributed by atoms with Crippen LogP contribution in [0.15, 0.2) is 24.3 Å². The minimum absolute atomic E-state index is 0.0970. The third-order valence-electron chi connectivity index (χ3n) is 2.53. The third kappa shape index (κ3) is 1.88. The average molecular weight is 239 g/mol. The molecule has 5 heteroatoms. The van der Waals surface area contributed by atoms with Gasteiger partial charge in [0.1, 0.15) is 6.04 Å². The van der Waals surface area contributed by atoms with E-state index in [1.165, 1.54) is 4.90 Å². The number of hydrogen-bond acceptors (Lipinski definition) is 2. The van der Waals surface area contributed by atoms with Gasteiger partial charge in [-0.05, 0) is 6.07 Å². The molecule has 0 aliphatic carbocycles. The second kappa shape index (κ2) is 4.14. The maximum absolute atomic E-state index is 11.9. The molecule has 0 unspecified atom stereocenters. The Balaban J connectivity index is 2.36. The van der Waals surface area contributed by atoms with Crippen LogP contribution in [-0.4, -0.2) is 30.3 Å². The summed E-state index contributed by atoms with van der Waals surface area (Å²) in [5.74, 6) is -0.320. The summed E-state index contributed by atoms with van der Waals surface area (Å²) in [5, 5.41) is 3.12. The molecule has 0 radical (unpaired) electrons. The molecular formula is C11H11ClN2O2. The Morgan fingerprint density at radius 1 is 1.38 bits per heavy atom. The number of carbonyl (C=O) groups excluding carboxylic acids is 2. The fourth-order valence-corrected chi connectivity index (χ4v) is 1.95. The molecule has 1 saturated heterocycles. The van der Waals surface area contributed by atoms with Crippen LogP contribution in [0.4, 0.5) is 0 Å². The van der Waals surface area contributed by atoms with Gasteiger partial charge in [0, 0.05) is 17.6 Å². The fourth-order valence-electron chi connectivity index (χ4n) is 1.70. The van der Waals surface area contributed by atoms with Gasteiger partial charge in [0.05, 0.1) is 6.54 Å². The molecular weight excluding hydrogens is 228 g/mol. The smallest absolute Gasteiger partial charge is 0.250 e. The summed E-state index contributed by atoms with van der Waals surface area (Å²) >= 11 is 6.00. The van der Waals surface area contributed by atoms with Crippen LogP contribution in [0.1, 0.15) is 11.6 Å². The highest BCUT2D eigenvalue weighted by molar-refractivity contribution is 6.31. The lowest BCUT2D eigenvalue weighted by Gasteiger charge is -2.30. The Bertz CT molecular complexity index is 447. The molecule has 1 aromatic carbocycles. The van der Waals surface area contributed by atoms with Crippen LogP contribution in [0, 0.1) is 0 Å². The normalized spacial score (nSPS) is 20.9. The van der Waals surface area contributed by atoms with Gasteiger partial charge < -0.3 is 10.2 Å². The van der Waals surface area contributed by atoms with E-state index in [0.717, 1.165) is 0 Å². The molecule has 0 saturated carbocycles. The van der Waals surface area contributed by atoms with Gasteiger partial charge in [0.15, 0.2) is 0 Å². The van der Waals surface area contributed by atoms with Gasteiger partial charge in [-0.15, -0.1) is 0 Å². The summed E-state index contributed by atoms with van der Waals surface area (Å²) in [6, 6.07) is 6.34. The number of nitrogens with one attached hydrogen (secondary N) is 1. The number of likely N-dealkylation sites (N-methyl/N-ethyl adjacent to an activating group) is 1. The van der Waals surface area contributed by atoms with Gasteiger partial charge in [0.2, 0.25) is 11.8 Å². The molecule has 16 heavy (non-hydrogen) atoms. The highest BCUT2D eigenvalue weighted by Gasteiger charge is 2.32. The van der Waals surface area contributed by atoms with E-state index in [9.17, 15) is 9.59 Å². The number of amides is 2. The zero-order valence-electron chi connectivity index (χ0n) is 8.74. The van der Waals surface area contributed by atoms with Crippen LogP contribution in [0.25, 0.3) is 0 Å². The van der Waals surface area contributed by atoms with Crippen molar-refractivity contribution in [1.82, 2.24) is 10.2 Å². The number of halogens is 1. The van der Waals surface area contributed by atoms with Crippen molar-refractivity contribution in [3.05, 3.63) is 34.9 Å². The summed E-state index contributed by atoms with van der Waals surface area (Å²) in [6.07, 6.45) is 0. The highest BCUT2D eigenvalue weighted by atomic mass is 35.5. The molecule has 4 nitrogen and oxygen atoms in total. The zero-order chi connectivity index (χ0) is 11.7. The SMILES string of the molecule is CN1CC(=O)N[C@@H](c2ccccc2Cl)C1=O. The highest BCUT2D eigenvalue weighted by Crippen LogP contribution is 2.25. The molecule has 0 bridgehead atoms. The predicted molar refractivity (Wildman–Crippen MR) is 60.0 cm³/mol. The van der Waals surface area contributed by atoms with E-state index in [4.69, 9.17) is 11.6 Å². The molecule has 2 amide bonds. The minimum Gasteiger partial charge on any atom is -0.339 e. The monoisotopic (exact) mass is 238 g/mol. The number of nitrogens with zero attached hydrogens (tertiary/aromatic N) is 1. The lowest BCUT2D eigenvalue weighted by molar-refractivity contribution is -0.143. The van der Waals surface area contributed by atoms with Crippen molar-refractivity contribution in [2.45, 2.75) is 6.04 Å². The molecule has 84 valence electrons. The fraction of sp³-hybridized carbons (Fsp3) is 0.273. The molecule has 2 rings (SSSR count). The summed E-state index contributed by atoms with van der Waals surface area (Å²) in [4.78, 5) is 24.6. The average Bonchev–Trinajstić information content (AvgIpc) is 2.24. The Morgan fingerprint density at radius 2 is 2.06 bits per heavy atom. The van der Waals surface area contributed by atoms with Gasteiger partial charge in [0.25, 0.3) is 0 Å². The Morgan fingerprint density at radius 3 is 2.75 bits per heavy atom. The minimum atomic E-state index is -0.667. The van der Waals surface area contributed by atoms with Gasteiger partial charge in [-0.2, -0.15) is 0 Å². The first-order valence-electron chi connectivity index (χ1n) is 4.88. The van der Waals surface area contributed by atoms with Crippen LogP contribution >= 0.6 is 11.6 Å². The van der Waals surface area contributed by atoms with Crippen LogP contribution in [0.5, 0.6) is 0 Å². The maximum Gasteiger partial charge on any atom is 0.250 e. The predicted octanol–water partition coefficient (Wildman–Crippen LogP) is 0.969. The summed E-state index contributed by atoms with van der Waals surface area (Å²) in [6.45, 7) is 0.0970. The van der Waals surface area contributed by atoms with Gasteiger partial charge in [-0.3, -0.25) is 9.59 Å². The quantitative estimate of drug-likeness (QED) is 0.793. The van der Waals surface area contributed by atoms with Crippen molar-refractivity contribution in [3.8, 4) is 0 Å². The van der Waals surface area contributed by atoms with Crippen LogP contribution in [-0.2, 0) is 9.59 Å². The Kier molecular flexibility index (Phi) is 2.83. The summed E-state index contributed by atoms with van der Waals surface area (Å²) in [5.41, 5.74) is 0.633. The van der Waals surface area contributed by atoms with E-state index in [-0.39, 0.29) is 18.4 Å². The Labute approximate surface area is 98.2 Å². The van der Waals surface area contributed by atoms with Crippen molar-refractivity contribution in [2.24, 2.45) is 0 Å². The number of hydrogen-bond donors (Lipinski definition) is 1. The van der Waals surface area contributed by atoms with Crippen molar-refractivity contribution in [1.29, 1.82) is 0 Å². The van der Waals surface area contributed by atoms with Crippen molar-refractivity contribution >= 4 is 23.4 Å². The standard InChI is InChI=1S/C11H11ClN2O2/c1-14-6-9(15)13-10(11(14)16)7-4-2-3-5-8(7)12/h2-5,10H,6H2,1H3,(H,13,15)/t10-/m0/s1. The first kappa shape index (κ1) is 11.0. The lowest BCUT2D eigenvalue weighted by Crippen LogP contribution is -2.51. The van der Waals surface area contributed by atoms with E-state index in [2.05, 4.69) is 5.32 Å². The third-order valence-corrected chi connectivity index (χ3v) is 2.87. The molecule has 1 aliphatic rings. The molecule has 0 aromatic heterocycles. The van der Waals surface area contributed by atoms with Crippen LogP contribution in [0.2, 0.25) is 5.02 Å². The topological polar surface area (TPSA) is 49.4 Å². The second-order valence-electron chi connectivity index (χ2n) is 3.72. The second-order valence-corrected chi connectivity index (χ2v) is 4.12. The van der Waals surface area contributed by atoms with Crippen molar-refractivity contribution in [2.75, 3.05) is 13.6 Å². The first-order chi connectivity index (χ1) is 7.59. The molecule has 1 fully saturated rings. The number of piperazine rings is 1. The van der Waals surface area contributed by atoms with E-state index in [1.54, 1.807) is 31.3 Å². The van der Waals surface area contributed by atoms with E-state index < -0.39 is 6.04 Å². The first-order valence-corrected chi connectivity index (χ1v) is 5.26. The largest absolute Gasteiger partial charge is 0.339 e. The summed E-state index contributed by atoms with van der Waals surface area (Å²) < 4.78 is 0. The molecule has 1 aliphatic heterocycles. The number of rotatable bonds is 1. The summed E-state index contributed by atoms with van der Waals surface area (Å²) in [7, 11) is 1.60. The zero-order valence-corrected chi connectivity index (χ0v) is 9.49. The van der Waals surface area contributed by atoms with Gasteiger partial charge in [-0.25, -0.2) is 0 Å². The molecule has 1 aromatic rings. The van der Waals surface area contributed by atoms with E-state index in [0.29, 0.717) is 10.6 Å².